The van der Waals surface area contributed by atoms with Crippen molar-refractivity contribution in [1.82, 2.24) is 24.9 Å². The lowest BCUT2D eigenvalue weighted by Gasteiger charge is -2.16. The van der Waals surface area contributed by atoms with Crippen molar-refractivity contribution in [1.29, 1.82) is 0 Å². The van der Waals surface area contributed by atoms with Crippen molar-refractivity contribution < 1.29 is 0 Å². The Hall–Kier alpha value is -8.93. The van der Waals surface area contributed by atoms with Gasteiger partial charge < -0.3 is 0 Å². The molecule has 0 radical (unpaired) electrons. The van der Waals surface area contributed by atoms with E-state index in [1.807, 2.05) is 24.5 Å². The lowest BCUT2D eigenvalue weighted by molar-refractivity contribution is 1.19. The molecule has 0 N–H and O–H groups in total. The molecule has 0 fully saturated rings. The molecular weight excluding hydrogens is 803 g/mol. The van der Waals surface area contributed by atoms with Crippen LogP contribution in [0, 0.1) is 0 Å². The Morgan fingerprint density at radius 3 is 1.47 bits per heavy atom. The number of pyridine rings is 3. The number of fused-ring (bicyclic) bond motifs is 8. The number of hydrogen-bond donors (Lipinski definition) is 0. The van der Waals surface area contributed by atoms with Gasteiger partial charge in [0.15, 0.2) is 5.82 Å². The zero-order valence-electron chi connectivity index (χ0n) is 35.6. The molecule has 306 valence electrons. The Morgan fingerprint density at radius 2 is 0.803 bits per heavy atom. The molecule has 5 heteroatoms. The molecule has 66 heavy (non-hydrogen) atoms. The summed E-state index contributed by atoms with van der Waals surface area (Å²) >= 11 is 0. The molecule has 0 aliphatic carbocycles. The van der Waals surface area contributed by atoms with E-state index in [1.165, 1.54) is 10.8 Å². The van der Waals surface area contributed by atoms with Crippen LogP contribution in [-0.4, -0.2) is 24.9 Å². The zero-order chi connectivity index (χ0) is 43.6. The molecule has 0 aliphatic rings. The monoisotopic (exact) mass is 839 g/mol. The third-order valence-corrected chi connectivity index (χ3v) is 12.9. The minimum Gasteiger partial charge on any atom is -0.256 e. The molecule has 0 bridgehead atoms. The quantitative estimate of drug-likeness (QED) is 0.156. The van der Waals surface area contributed by atoms with Gasteiger partial charge in [-0.2, -0.15) is 0 Å². The first-order valence-corrected chi connectivity index (χ1v) is 22.2. The molecule has 4 heterocycles. The van der Waals surface area contributed by atoms with Crippen molar-refractivity contribution in [3.63, 3.8) is 0 Å². The molecule has 0 amide bonds. The number of hydrogen-bond acceptors (Lipinski definition) is 5. The van der Waals surface area contributed by atoms with E-state index in [9.17, 15) is 0 Å². The SMILES string of the molecule is c1ccc2cc(-c3nc4cccc(-c5nc(-c6ccc(-c7cccc8cccnc78)cc6)cc(-c6ccc(-c7cccc8cccnc78)cc6)n5)c4c4c3ccc3ccccc34)ccc2c1. The van der Waals surface area contributed by atoms with Gasteiger partial charge in [-0.3, -0.25) is 9.97 Å². The maximum Gasteiger partial charge on any atom is 0.161 e. The van der Waals surface area contributed by atoms with E-state index in [0.29, 0.717) is 5.82 Å². The molecule has 0 aliphatic heterocycles. The average Bonchev–Trinajstić information content (AvgIpc) is 3.39. The van der Waals surface area contributed by atoms with E-state index < -0.39 is 0 Å². The van der Waals surface area contributed by atoms with Crippen LogP contribution in [-0.2, 0) is 0 Å². The fraction of sp³-hybridized carbons (Fsp3) is 0. The Kier molecular flexibility index (Phi) is 8.78. The second-order valence-corrected chi connectivity index (χ2v) is 16.8. The van der Waals surface area contributed by atoms with Crippen molar-refractivity contribution in [2.45, 2.75) is 0 Å². The van der Waals surface area contributed by atoms with E-state index in [4.69, 9.17) is 24.9 Å². The molecule has 0 saturated heterocycles. The van der Waals surface area contributed by atoms with Crippen molar-refractivity contribution in [3.05, 3.63) is 225 Å². The normalized spacial score (nSPS) is 11.6. The van der Waals surface area contributed by atoms with Crippen LogP contribution < -0.4 is 0 Å². The lowest BCUT2D eigenvalue weighted by atomic mass is 9.92. The van der Waals surface area contributed by atoms with Gasteiger partial charge in [0.05, 0.1) is 33.6 Å². The van der Waals surface area contributed by atoms with Crippen LogP contribution in [0.15, 0.2) is 225 Å². The van der Waals surface area contributed by atoms with Gasteiger partial charge in [-0.1, -0.05) is 182 Å². The summed E-state index contributed by atoms with van der Waals surface area (Å²) in [5.74, 6) is 0.632. The van der Waals surface area contributed by atoms with Crippen LogP contribution >= 0.6 is 0 Å². The van der Waals surface area contributed by atoms with Crippen molar-refractivity contribution in [2.75, 3.05) is 0 Å². The summed E-state index contributed by atoms with van der Waals surface area (Å²) in [6.45, 7) is 0. The lowest BCUT2D eigenvalue weighted by Crippen LogP contribution is -1.98. The van der Waals surface area contributed by atoms with Crippen molar-refractivity contribution in [2.24, 2.45) is 0 Å². The van der Waals surface area contributed by atoms with Gasteiger partial charge in [0.1, 0.15) is 0 Å². The Morgan fingerprint density at radius 1 is 0.288 bits per heavy atom. The highest BCUT2D eigenvalue weighted by atomic mass is 14.9. The first-order chi connectivity index (χ1) is 32.7. The van der Waals surface area contributed by atoms with Gasteiger partial charge in [0.25, 0.3) is 0 Å². The molecule has 0 unspecified atom stereocenters. The molecule has 13 rings (SSSR count). The van der Waals surface area contributed by atoms with E-state index in [0.717, 1.165) is 116 Å². The number of benzene rings is 9. The van der Waals surface area contributed by atoms with Crippen LogP contribution in [0.4, 0.5) is 0 Å². The molecule has 0 saturated carbocycles. The topological polar surface area (TPSA) is 64.5 Å². The van der Waals surface area contributed by atoms with Gasteiger partial charge in [-0.05, 0) is 63.0 Å². The van der Waals surface area contributed by atoms with E-state index in [2.05, 4.69) is 200 Å². The predicted octanol–water partition coefficient (Wildman–Crippen LogP) is 15.6. The summed E-state index contributed by atoms with van der Waals surface area (Å²) in [5, 5.41) is 10.2. The Bertz CT molecular complexity index is 3900. The second-order valence-electron chi connectivity index (χ2n) is 16.8. The Balaban J connectivity index is 1.02. The summed E-state index contributed by atoms with van der Waals surface area (Å²) in [7, 11) is 0. The Labute approximate surface area is 380 Å². The maximum atomic E-state index is 5.49. The fourth-order valence-corrected chi connectivity index (χ4v) is 9.74. The van der Waals surface area contributed by atoms with Crippen LogP contribution in [0.2, 0.25) is 0 Å². The molecular formula is C61H37N5. The molecule has 4 aromatic heterocycles. The third-order valence-electron chi connectivity index (χ3n) is 12.9. The number of para-hydroxylation sites is 2. The third kappa shape index (κ3) is 6.36. The van der Waals surface area contributed by atoms with Crippen molar-refractivity contribution >= 4 is 65.0 Å². The van der Waals surface area contributed by atoms with Gasteiger partial charge in [-0.15, -0.1) is 0 Å². The highest BCUT2D eigenvalue weighted by Crippen LogP contribution is 2.42. The van der Waals surface area contributed by atoms with Gasteiger partial charge >= 0.3 is 0 Å². The summed E-state index contributed by atoms with van der Waals surface area (Å²) in [4.78, 5) is 25.9. The summed E-state index contributed by atoms with van der Waals surface area (Å²) < 4.78 is 0. The molecule has 5 nitrogen and oxygen atoms in total. The largest absolute Gasteiger partial charge is 0.256 e. The second kappa shape index (κ2) is 15.4. The van der Waals surface area contributed by atoms with Crippen molar-refractivity contribution in [3.8, 4) is 67.4 Å². The molecule has 9 aromatic carbocycles. The first kappa shape index (κ1) is 37.6. The minimum absolute atomic E-state index is 0.632. The number of rotatable bonds is 6. The van der Waals surface area contributed by atoms with Gasteiger partial charge in [-0.25, -0.2) is 15.0 Å². The summed E-state index contributed by atoms with van der Waals surface area (Å²) in [6, 6.07) is 74.8. The van der Waals surface area contributed by atoms with Crippen LogP contribution in [0.5, 0.6) is 0 Å². The first-order valence-electron chi connectivity index (χ1n) is 22.2. The number of nitrogens with zero attached hydrogens (tertiary/aromatic N) is 5. The average molecular weight is 840 g/mol. The predicted molar refractivity (Wildman–Crippen MR) is 273 cm³/mol. The van der Waals surface area contributed by atoms with E-state index in [1.54, 1.807) is 0 Å². The van der Waals surface area contributed by atoms with Gasteiger partial charge in [0, 0.05) is 72.7 Å². The smallest absolute Gasteiger partial charge is 0.161 e. The zero-order valence-corrected chi connectivity index (χ0v) is 35.6. The van der Waals surface area contributed by atoms with Crippen LogP contribution in [0.3, 0.4) is 0 Å². The summed E-state index contributed by atoms with van der Waals surface area (Å²) in [6.07, 6.45) is 3.71. The fourth-order valence-electron chi connectivity index (χ4n) is 9.74. The maximum absolute atomic E-state index is 5.49. The number of aromatic nitrogens is 5. The molecule has 0 atom stereocenters. The van der Waals surface area contributed by atoms with Gasteiger partial charge in [0.2, 0.25) is 0 Å². The van der Waals surface area contributed by atoms with E-state index >= 15 is 0 Å². The highest BCUT2D eigenvalue weighted by molar-refractivity contribution is 6.25. The summed E-state index contributed by atoms with van der Waals surface area (Å²) in [5.41, 5.74) is 13.8. The standard InChI is InChI=1S/C61H37N5/c1-2-12-46-36-47(31-22-38(46)10-1)60-51-33-32-39-11-3-4-17-48(39)56(51)57-52(20-7-21-53(57)64-60)61-65-54(42-27-23-40(24-28-42)49-18-5-13-44-15-8-34-62-58(44)49)37-55(66-61)43-29-25-41(26-30-43)50-19-6-14-45-16-9-35-63-59(45)50/h1-37H. The van der Waals surface area contributed by atoms with Crippen LogP contribution in [0.25, 0.3) is 132 Å². The minimum atomic E-state index is 0.632. The molecule has 0 spiro atoms. The van der Waals surface area contributed by atoms with E-state index in [-0.39, 0.29) is 0 Å². The van der Waals surface area contributed by atoms with Crippen LogP contribution in [0.1, 0.15) is 0 Å². The molecule has 13 aromatic rings. The highest BCUT2D eigenvalue weighted by Gasteiger charge is 2.20.